The van der Waals surface area contributed by atoms with Gasteiger partial charge in [-0.15, -0.1) is 0 Å². The molecule has 1 heterocycles. The van der Waals surface area contributed by atoms with Crippen LogP contribution in [0.4, 0.5) is 14.5 Å². The summed E-state index contributed by atoms with van der Waals surface area (Å²) in [5, 5.41) is 3.15. The average Bonchev–Trinajstić information content (AvgIpc) is 2.67. The van der Waals surface area contributed by atoms with E-state index in [9.17, 15) is 8.78 Å². The van der Waals surface area contributed by atoms with E-state index in [4.69, 9.17) is 4.42 Å². The van der Waals surface area contributed by atoms with E-state index in [0.717, 1.165) is 15.9 Å². The molecule has 1 aromatic carbocycles. The molecule has 0 atom stereocenters. The first-order valence-corrected chi connectivity index (χ1v) is 7.73. The summed E-state index contributed by atoms with van der Waals surface area (Å²) < 4.78 is 31.2. The Balaban J connectivity index is 1.92. The fourth-order valence-electron chi connectivity index (χ4n) is 1.42. The molecule has 0 saturated heterocycles. The van der Waals surface area contributed by atoms with E-state index in [1.807, 2.05) is 6.07 Å². The SMILES string of the molecule is FC(F)Sc1ccc(NCc2cc(Br)c(Br)o2)cc1. The van der Waals surface area contributed by atoms with Gasteiger partial charge in [0.1, 0.15) is 5.76 Å². The van der Waals surface area contributed by atoms with Crippen molar-refractivity contribution in [2.24, 2.45) is 0 Å². The van der Waals surface area contributed by atoms with Gasteiger partial charge in [0, 0.05) is 10.6 Å². The normalized spacial score (nSPS) is 11.0. The second-order valence-electron chi connectivity index (χ2n) is 3.59. The van der Waals surface area contributed by atoms with Crippen molar-refractivity contribution in [1.82, 2.24) is 0 Å². The Labute approximate surface area is 130 Å². The molecule has 0 unspecified atom stereocenters. The first kappa shape index (κ1) is 14.9. The smallest absolute Gasteiger partial charge is 0.288 e. The maximum absolute atomic E-state index is 12.2. The van der Waals surface area contributed by atoms with Gasteiger partial charge in [0.15, 0.2) is 4.67 Å². The summed E-state index contributed by atoms with van der Waals surface area (Å²) in [5.41, 5.74) is 0.849. The van der Waals surface area contributed by atoms with Gasteiger partial charge in [0.05, 0.1) is 11.0 Å². The van der Waals surface area contributed by atoms with Crippen LogP contribution < -0.4 is 5.32 Å². The molecule has 2 nitrogen and oxygen atoms in total. The molecule has 2 rings (SSSR count). The van der Waals surface area contributed by atoms with Gasteiger partial charge in [-0.25, -0.2) is 0 Å². The van der Waals surface area contributed by atoms with Crippen molar-refractivity contribution in [3.05, 3.63) is 45.2 Å². The number of hydrogen-bond donors (Lipinski definition) is 1. The molecule has 0 amide bonds. The van der Waals surface area contributed by atoms with Gasteiger partial charge in [-0.2, -0.15) is 8.78 Å². The lowest BCUT2D eigenvalue weighted by atomic mass is 10.3. The Bertz CT molecular complexity index is 526. The summed E-state index contributed by atoms with van der Waals surface area (Å²) in [4.78, 5) is 0.545. The molecule has 0 aliphatic heterocycles. The van der Waals surface area contributed by atoms with E-state index < -0.39 is 5.76 Å². The molecule has 0 bridgehead atoms. The molecule has 0 fully saturated rings. The number of anilines is 1. The van der Waals surface area contributed by atoms with E-state index in [-0.39, 0.29) is 0 Å². The van der Waals surface area contributed by atoms with Gasteiger partial charge in [-0.1, -0.05) is 11.8 Å². The molecular formula is C12H9Br2F2NOS. The predicted octanol–water partition coefficient (Wildman–Crippen LogP) is 5.73. The third-order valence-corrected chi connectivity index (χ3v) is 4.68. The zero-order chi connectivity index (χ0) is 13.8. The quantitative estimate of drug-likeness (QED) is 0.634. The first-order chi connectivity index (χ1) is 9.04. The molecule has 7 heteroatoms. The summed E-state index contributed by atoms with van der Waals surface area (Å²) >= 11 is 7.13. The van der Waals surface area contributed by atoms with Crippen LogP contribution in [0.25, 0.3) is 0 Å². The van der Waals surface area contributed by atoms with Crippen molar-refractivity contribution in [3.63, 3.8) is 0 Å². The van der Waals surface area contributed by atoms with Crippen LogP contribution in [-0.2, 0) is 6.54 Å². The number of thioether (sulfide) groups is 1. The molecular weight excluding hydrogens is 404 g/mol. The van der Waals surface area contributed by atoms with Gasteiger partial charge in [0.2, 0.25) is 0 Å². The van der Waals surface area contributed by atoms with E-state index in [1.165, 1.54) is 0 Å². The summed E-state index contributed by atoms with van der Waals surface area (Å²) in [6.07, 6.45) is 0. The summed E-state index contributed by atoms with van der Waals surface area (Å²) in [6, 6.07) is 8.70. The van der Waals surface area contributed by atoms with Crippen molar-refractivity contribution in [2.75, 3.05) is 5.32 Å². The number of nitrogens with one attached hydrogen (secondary N) is 1. The highest BCUT2D eigenvalue weighted by atomic mass is 79.9. The number of hydrogen-bond acceptors (Lipinski definition) is 3. The highest BCUT2D eigenvalue weighted by molar-refractivity contribution is 9.13. The van der Waals surface area contributed by atoms with Crippen LogP contribution in [0, 0.1) is 0 Å². The molecule has 0 aliphatic carbocycles. The lowest BCUT2D eigenvalue weighted by molar-refractivity contribution is 0.252. The molecule has 0 aliphatic rings. The van der Waals surface area contributed by atoms with Crippen LogP contribution >= 0.6 is 43.6 Å². The molecule has 0 spiro atoms. The Kier molecular flexibility index (Phi) is 5.29. The molecule has 0 saturated carbocycles. The van der Waals surface area contributed by atoms with Crippen LogP contribution in [0.1, 0.15) is 5.76 Å². The molecule has 19 heavy (non-hydrogen) atoms. The van der Waals surface area contributed by atoms with E-state index >= 15 is 0 Å². The van der Waals surface area contributed by atoms with Crippen LogP contribution in [-0.4, -0.2) is 5.76 Å². The Morgan fingerprint density at radius 3 is 2.42 bits per heavy atom. The largest absolute Gasteiger partial charge is 0.451 e. The van der Waals surface area contributed by atoms with Gasteiger partial charge >= 0.3 is 0 Å². The average molecular weight is 413 g/mol. The van der Waals surface area contributed by atoms with Crippen LogP contribution in [0.3, 0.4) is 0 Å². The zero-order valence-corrected chi connectivity index (χ0v) is 13.5. The zero-order valence-electron chi connectivity index (χ0n) is 9.50. The Morgan fingerprint density at radius 2 is 1.89 bits per heavy atom. The van der Waals surface area contributed by atoms with Crippen molar-refractivity contribution in [3.8, 4) is 0 Å². The summed E-state index contributed by atoms with van der Waals surface area (Å²) in [5.74, 6) is -1.62. The first-order valence-electron chi connectivity index (χ1n) is 5.27. The van der Waals surface area contributed by atoms with Gasteiger partial charge in [0.25, 0.3) is 5.76 Å². The third-order valence-electron chi connectivity index (χ3n) is 2.24. The van der Waals surface area contributed by atoms with Crippen molar-refractivity contribution >= 4 is 49.3 Å². The van der Waals surface area contributed by atoms with Crippen LogP contribution in [0.15, 0.2) is 48.8 Å². The Morgan fingerprint density at radius 1 is 1.21 bits per heavy atom. The van der Waals surface area contributed by atoms with Crippen LogP contribution in [0.2, 0.25) is 0 Å². The van der Waals surface area contributed by atoms with Gasteiger partial charge < -0.3 is 9.73 Å². The molecule has 1 aromatic heterocycles. The molecule has 1 N–H and O–H groups in total. The number of rotatable bonds is 5. The minimum Gasteiger partial charge on any atom is -0.451 e. The maximum atomic E-state index is 12.2. The second-order valence-corrected chi connectivity index (χ2v) is 6.23. The van der Waals surface area contributed by atoms with Crippen molar-refractivity contribution < 1.29 is 13.2 Å². The van der Waals surface area contributed by atoms with Gasteiger partial charge in [-0.3, -0.25) is 0 Å². The summed E-state index contributed by atoms with van der Waals surface area (Å²) in [6.45, 7) is 0.519. The van der Waals surface area contributed by atoms with Crippen molar-refractivity contribution in [1.29, 1.82) is 0 Å². The van der Waals surface area contributed by atoms with E-state index in [2.05, 4.69) is 37.2 Å². The van der Waals surface area contributed by atoms with Crippen molar-refractivity contribution in [2.45, 2.75) is 17.2 Å². The highest BCUT2D eigenvalue weighted by Crippen LogP contribution is 2.28. The van der Waals surface area contributed by atoms with E-state index in [0.29, 0.717) is 27.9 Å². The second kappa shape index (κ2) is 6.76. The molecule has 2 aromatic rings. The number of benzene rings is 1. The third kappa shape index (κ3) is 4.50. The molecule has 102 valence electrons. The lowest BCUT2D eigenvalue weighted by Gasteiger charge is -2.05. The monoisotopic (exact) mass is 411 g/mol. The number of halogens is 4. The fourth-order valence-corrected chi connectivity index (χ4v) is 2.58. The van der Waals surface area contributed by atoms with E-state index in [1.54, 1.807) is 24.3 Å². The number of furan rings is 1. The minimum absolute atomic E-state index is 0.519. The number of alkyl halides is 2. The molecule has 0 radical (unpaired) electrons. The van der Waals surface area contributed by atoms with Gasteiger partial charge in [-0.05, 0) is 62.2 Å². The predicted molar refractivity (Wildman–Crippen MR) is 79.7 cm³/mol. The Hall–Kier alpha value is -0.530. The standard InChI is InChI=1S/C12H9Br2F2NOS/c13-10-5-8(18-11(10)14)6-17-7-1-3-9(4-2-7)19-12(15)16/h1-5,12,17H,6H2. The highest BCUT2D eigenvalue weighted by Gasteiger charge is 2.07. The van der Waals surface area contributed by atoms with Crippen LogP contribution in [0.5, 0.6) is 0 Å². The maximum Gasteiger partial charge on any atom is 0.288 e. The fraction of sp³-hybridized carbons (Fsp3) is 0.167. The topological polar surface area (TPSA) is 25.2 Å². The minimum atomic E-state index is -2.39. The lowest BCUT2D eigenvalue weighted by Crippen LogP contribution is -1.97. The summed E-state index contributed by atoms with van der Waals surface area (Å²) in [7, 11) is 0.